The van der Waals surface area contributed by atoms with Crippen molar-refractivity contribution < 1.29 is 9.59 Å². The van der Waals surface area contributed by atoms with Crippen LogP contribution in [0.2, 0.25) is 0 Å². The molecule has 2 fully saturated rings. The molecule has 3 amide bonds. The first-order chi connectivity index (χ1) is 14.6. The number of carbonyl (C=O) groups excluding carboxylic acids is 2. The van der Waals surface area contributed by atoms with E-state index in [9.17, 15) is 9.59 Å². The predicted molar refractivity (Wildman–Crippen MR) is 110 cm³/mol. The van der Waals surface area contributed by atoms with Crippen molar-refractivity contribution in [1.82, 2.24) is 30.2 Å². The van der Waals surface area contributed by atoms with Crippen LogP contribution in [0.25, 0.3) is 11.7 Å². The van der Waals surface area contributed by atoms with E-state index in [0.717, 1.165) is 24.1 Å². The Bertz CT molecular complexity index is 1270. The summed E-state index contributed by atoms with van der Waals surface area (Å²) in [6.45, 7) is 0. The normalized spacial score (nSPS) is 17.0. The summed E-state index contributed by atoms with van der Waals surface area (Å²) in [6, 6.07) is 7.13. The molecule has 1 aromatic carbocycles. The van der Waals surface area contributed by atoms with Crippen molar-refractivity contribution in [2.45, 2.75) is 18.9 Å². The molecule has 5 rings (SSSR count). The number of hydrogen-bond acceptors (Lipinski definition) is 7. The van der Waals surface area contributed by atoms with Gasteiger partial charge < -0.3 is 16.0 Å². The van der Waals surface area contributed by atoms with Gasteiger partial charge in [-0.05, 0) is 37.1 Å². The molecule has 148 valence electrons. The molecule has 10 nitrogen and oxygen atoms in total. The molecule has 0 unspecified atom stereocenters. The van der Waals surface area contributed by atoms with E-state index in [-0.39, 0.29) is 5.70 Å². The maximum Gasteiger partial charge on any atom is 0.326 e. The second-order valence-electron chi connectivity index (χ2n) is 6.94. The third-order valence-electron chi connectivity index (χ3n) is 4.61. The quantitative estimate of drug-likeness (QED) is 0.291. The minimum Gasteiger partial charge on any atom is -0.351 e. The van der Waals surface area contributed by atoms with Crippen molar-refractivity contribution in [3.8, 4) is 12.3 Å². The molecule has 3 aromatic rings. The maximum atomic E-state index is 11.9. The van der Waals surface area contributed by atoms with E-state index in [0.29, 0.717) is 29.1 Å². The number of nitrogens with one attached hydrogen (secondary N) is 4. The van der Waals surface area contributed by atoms with Crippen LogP contribution in [0.15, 0.2) is 36.2 Å². The smallest absolute Gasteiger partial charge is 0.326 e. The van der Waals surface area contributed by atoms with Crippen molar-refractivity contribution in [3.05, 3.63) is 47.3 Å². The van der Waals surface area contributed by atoms with Crippen molar-refractivity contribution in [1.29, 1.82) is 0 Å². The van der Waals surface area contributed by atoms with Crippen LogP contribution in [0.5, 0.6) is 0 Å². The van der Waals surface area contributed by atoms with Crippen LogP contribution < -0.4 is 21.3 Å². The second-order valence-corrected chi connectivity index (χ2v) is 6.94. The Morgan fingerprint density at radius 3 is 2.83 bits per heavy atom. The number of carbonyl (C=O) groups is 2. The van der Waals surface area contributed by atoms with E-state index < -0.39 is 11.9 Å². The number of nitrogens with zero attached hydrogens (tertiary/aromatic N) is 4. The molecule has 2 aromatic heterocycles. The molecule has 3 heterocycles. The average molecular weight is 400 g/mol. The molecule has 1 saturated carbocycles. The van der Waals surface area contributed by atoms with E-state index in [1.165, 1.54) is 6.08 Å². The Kier molecular flexibility index (Phi) is 4.07. The molecular formula is C20H16N8O2. The first-order valence-corrected chi connectivity index (χ1v) is 9.29. The summed E-state index contributed by atoms with van der Waals surface area (Å²) < 4.78 is 1.57. The largest absolute Gasteiger partial charge is 0.351 e. The van der Waals surface area contributed by atoms with Gasteiger partial charge in [-0.25, -0.2) is 4.79 Å². The number of terminal acetylenes is 1. The molecule has 1 aliphatic heterocycles. The van der Waals surface area contributed by atoms with Gasteiger partial charge in [-0.15, -0.1) is 6.42 Å². The van der Waals surface area contributed by atoms with E-state index >= 15 is 0 Å². The molecule has 0 atom stereocenters. The van der Waals surface area contributed by atoms with Crippen molar-refractivity contribution in [3.63, 3.8) is 0 Å². The number of rotatable bonds is 5. The Balaban J connectivity index is 1.57. The van der Waals surface area contributed by atoms with Crippen molar-refractivity contribution >= 4 is 41.2 Å². The van der Waals surface area contributed by atoms with Crippen LogP contribution in [0.1, 0.15) is 24.0 Å². The first kappa shape index (κ1) is 17.7. The lowest BCUT2D eigenvalue weighted by Crippen LogP contribution is -2.22. The number of anilines is 3. The van der Waals surface area contributed by atoms with Crippen LogP contribution >= 0.6 is 0 Å². The highest BCUT2D eigenvalue weighted by Gasteiger charge is 2.26. The number of benzene rings is 1. The van der Waals surface area contributed by atoms with Gasteiger partial charge in [0.05, 0.1) is 6.20 Å². The van der Waals surface area contributed by atoms with Gasteiger partial charge in [0.2, 0.25) is 11.9 Å². The molecule has 30 heavy (non-hydrogen) atoms. The van der Waals surface area contributed by atoms with E-state index in [1.54, 1.807) is 10.7 Å². The summed E-state index contributed by atoms with van der Waals surface area (Å²) in [4.78, 5) is 32.4. The zero-order valence-electron chi connectivity index (χ0n) is 15.6. The van der Waals surface area contributed by atoms with E-state index in [4.69, 9.17) is 6.42 Å². The highest BCUT2D eigenvalue weighted by molar-refractivity contribution is 6.14. The number of amides is 3. The summed E-state index contributed by atoms with van der Waals surface area (Å²) in [7, 11) is 0. The van der Waals surface area contributed by atoms with E-state index in [2.05, 4.69) is 42.3 Å². The summed E-state index contributed by atoms with van der Waals surface area (Å²) >= 11 is 0. The Morgan fingerprint density at radius 1 is 1.23 bits per heavy atom. The van der Waals surface area contributed by atoms with Gasteiger partial charge in [0.25, 0.3) is 5.91 Å². The lowest BCUT2D eigenvalue weighted by molar-refractivity contribution is -0.115. The fourth-order valence-electron chi connectivity index (χ4n) is 3.01. The van der Waals surface area contributed by atoms with Crippen molar-refractivity contribution in [2.24, 2.45) is 0 Å². The molecule has 2 aliphatic rings. The van der Waals surface area contributed by atoms with E-state index in [1.807, 2.05) is 24.3 Å². The minimum absolute atomic E-state index is 0.126. The standard InChI is InChI=1S/C20H16N8O2/c1-2-11-4-3-5-14(8-11)22-18-25-16-12(9-15-17(29)26-20(30)24-15)10-21-28(16)19(27-18)23-13-6-7-13/h1,3-5,8-10,13H,6-7H2,(H2,22,23,25,27)(H2,24,26,29,30)/b15-9-. The second kappa shape index (κ2) is 6.89. The van der Waals surface area contributed by atoms with Gasteiger partial charge in [0, 0.05) is 22.9 Å². The lowest BCUT2D eigenvalue weighted by Gasteiger charge is -2.10. The summed E-state index contributed by atoms with van der Waals surface area (Å²) in [5, 5.41) is 15.5. The van der Waals surface area contributed by atoms with Gasteiger partial charge in [-0.3, -0.25) is 10.1 Å². The highest BCUT2D eigenvalue weighted by atomic mass is 16.2. The van der Waals surface area contributed by atoms with Crippen molar-refractivity contribution in [2.75, 3.05) is 10.6 Å². The molecule has 1 saturated heterocycles. The Hall–Kier alpha value is -4.39. The third kappa shape index (κ3) is 3.40. The summed E-state index contributed by atoms with van der Waals surface area (Å²) in [5.74, 6) is 2.97. The van der Waals surface area contributed by atoms with Crippen LogP contribution in [0.3, 0.4) is 0 Å². The zero-order valence-corrected chi connectivity index (χ0v) is 15.6. The summed E-state index contributed by atoms with van der Waals surface area (Å²) in [6.07, 6.45) is 10.7. The van der Waals surface area contributed by atoms with Gasteiger partial charge >= 0.3 is 6.03 Å². The molecule has 0 radical (unpaired) electrons. The third-order valence-corrected chi connectivity index (χ3v) is 4.61. The number of hydrogen-bond donors (Lipinski definition) is 4. The average Bonchev–Trinajstić information content (AvgIpc) is 3.37. The minimum atomic E-state index is -0.566. The fourth-order valence-corrected chi connectivity index (χ4v) is 3.01. The van der Waals surface area contributed by atoms with Crippen LogP contribution in [0.4, 0.5) is 22.4 Å². The van der Waals surface area contributed by atoms with Crippen LogP contribution in [0, 0.1) is 12.3 Å². The molecular weight excluding hydrogens is 384 g/mol. The molecule has 10 heteroatoms. The molecule has 1 aliphatic carbocycles. The maximum absolute atomic E-state index is 11.9. The molecule has 0 bridgehead atoms. The monoisotopic (exact) mass is 400 g/mol. The van der Waals surface area contributed by atoms with Crippen LogP contribution in [-0.4, -0.2) is 37.6 Å². The topological polar surface area (TPSA) is 125 Å². The number of urea groups is 1. The van der Waals surface area contributed by atoms with Gasteiger partial charge in [0.15, 0.2) is 5.65 Å². The number of fused-ring (bicyclic) bond motifs is 1. The number of aromatic nitrogens is 4. The van der Waals surface area contributed by atoms with Gasteiger partial charge in [0.1, 0.15) is 5.70 Å². The summed E-state index contributed by atoms with van der Waals surface area (Å²) in [5.41, 5.74) is 2.64. The predicted octanol–water partition coefficient (Wildman–Crippen LogP) is 1.60. The Morgan fingerprint density at radius 2 is 2.10 bits per heavy atom. The highest BCUT2D eigenvalue weighted by Crippen LogP contribution is 2.26. The lowest BCUT2D eigenvalue weighted by atomic mass is 10.2. The first-order valence-electron chi connectivity index (χ1n) is 9.29. The van der Waals surface area contributed by atoms with Gasteiger partial charge in [-0.1, -0.05) is 12.0 Å². The molecule has 4 N–H and O–H groups in total. The van der Waals surface area contributed by atoms with Crippen LogP contribution in [-0.2, 0) is 4.79 Å². The fraction of sp³-hybridized carbons (Fsp3) is 0.150. The number of imide groups is 1. The molecule has 0 spiro atoms. The zero-order chi connectivity index (χ0) is 20.7. The Labute approximate surface area is 170 Å². The van der Waals surface area contributed by atoms with Gasteiger partial charge in [-0.2, -0.15) is 19.6 Å². The SMILES string of the molecule is C#Cc1cccc(Nc2nc(NC3CC3)n3ncc(/C=C4\NC(=O)NC4=O)c3n2)c1.